The Labute approximate surface area is 85.4 Å². The van der Waals surface area contributed by atoms with Crippen LogP contribution in [0.2, 0.25) is 0 Å². The van der Waals surface area contributed by atoms with Gasteiger partial charge in [-0.25, -0.2) is 0 Å². The highest BCUT2D eigenvalue weighted by Gasteiger charge is 2.12. The second kappa shape index (κ2) is 6.90. The van der Waals surface area contributed by atoms with Crippen molar-refractivity contribution in [2.24, 2.45) is 5.92 Å². The molecule has 0 spiro atoms. The number of nitrogens with one attached hydrogen (secondary N) is 1. The Balaban J connectivity index is 3.59. The molecule has 0 aromatic carbocycles. The molecule has 0 radical (unpaired) electrons. The molecule has 0 aliphatic rings. The molecule has 0 bridgehead atoms. The predicted octanol–water partition coefficient (Wildman–Crippen LogP) is 3.18. The molecule has 2 heteroatoms. The average Bonchev–Trinajstić information content (AvgIpc) is 2.03. The fourth-order valence-electron chi connectivity index (χ4n) is 1.26. The van der Waals surface area contributed by atoms with Crippen LogP contribution in [0.4, 0.5) is 0 Å². The Morgan fingerprint density at radius 1 is 1.25 bits per heavy atom. The molecule has 12 heavy (non-hydrogen) atoms. The Bertz CT molecular complexity index is 106. The highest BCUT2D eigenvalue weighted by Crippen LogP contribution is 2.07. The van der Waals surface area contributed by atoms with E-state index in [1.54, 1.807) is 0 Å². The molecule has 0 saturated heterocycles. The van der Waals surface area contributed by atoms with E-state index >= 15 is 0 Å². The van der Waals surface area contributed by atoms with Crippen molar-refractivity contribution in [2.75, 3.05) is 5.33 Å². The van der Waals surface area contributed by atoms with E-state index in [-0.39, 0.29) is 0 Å². The first-order valence-corrected chi connectivity index (χ1v) is 6.06. The van der Waals surface area contributed by atoms with Gasteiger partial charge in [0.25, 0.3) is 0 Å². The lowest BCUT2D eigenvalue weighted by Crippen LogP contribution is -2.39. The first-order valence-electron chi connectivity index (χ1n) is 4.93. The molecule has 0 heterocycles. The molecular formula is C10H22BrN. The van der Waals surface area contributed by atoms with Crippen molar-refractivity contribution in [3.63, 3.8) is 0 Å². The van der Waals surface area contributed by atoms with E-state index in [0.717, 1.165) is 5.33 Å². The van der Waals surface area contributed by atoms with Crippen LogP contribution in [0, 0.1) is 5.92 Å². The van der Waals surface area contributed by atoms with Crippen LogP contribution >= 0.6 is 15.9 Å². The van der Waals surface area contributed by atoms with Gasteiger partial charge in [0.1, 0.15) is 0 Å². The maximum absolute atomic E-state index is 3.60. The van der Waals surface area contributed by atoms with Crippen molar-refractivity contribution >= 4 is 15.9 Å². The van der Waals surface area contributed by atoms with Gasteiger partial charge in [-0.1, -0.05) is 36.2 Å². The summed E-state index contributed by atoms with van der Waals surface area (Å²) in [5.41, 5.74) is 0. The van der Waals surface area contributed by atoms with E-state index in [1.165, 1.54) is 12.8 Å². The molecule has 0 aromatic heterocycles. The minimum absolute atomic E-state index is 0.617. The summed E-state index contributed by atoms with van der Waals surface area (Å²) in [7, 11) is 0. The molecule has 3 atom stereocenters. The van der Waals surface area contributed by atoms with Crippen molar-refractivity contribution in [1.82, 2.24) is 5.32 Å². The van der Waals surface area contributed by atoms with Gasteiger partial charge < -0.3 is 5.32 Å². The molecule has 0 aliphatic heterocycles. The minimum Gasteiger partial charge on any atom is -0.311 e. The largest absolute Gasteiger partial charge is 0.311 e. The maximum atomic E-state index is 3.60. The summed E-state index contributed by atoms with van der Waals surface area (Å²) >= 11 is 3.50. The lowest BCUT2D eigenvalue weighted by Gasteiger charge is -2.23. The number of hydrogen-bond donors (Lipinski definition) is 1. The van der Waals surface area contributed by atoms with E-state index in [1.807, 2.05) is 0 Å². The van der Waals surface area contributed by atoms with Gasteiger partial charge in [-0.15, -0.1) is 0 Å². The second-order valence-electron chi connectivity index (χ2n) is 3.78. The van der Waals surface area contributed by atoms with Gasteiger partial charge in [-0.2, -0.15) is 0 Å². The van der Waals surface area contributed by atoms with Crippen molar-refractivity contribution in [2.45, 2.75) is 52.6 Å². The van der Waals surface area contributed by atoms with Crippen molar-refractivity contribution in [3.8, 4) is 0 Å². The summed E-state index contributed by atoms with van der Waals surface area (Å²) in [5.74, 6) is 0.712. The summed E-state index contributed by atoms with van der Waals surface area (Å²) in [6.45, 7) is 9.03. The predicted molar refractivity (Wildman–Crippen MR) is 59.9 cm³/mol. The second-order valence-corrected chi connectivity index (χ2v) is 4.42. The van der Waals surface area contributed by atoms with Gasteiger partial charge in [-0.3, -0.25) is 0 Å². The number of alkyl halides is 1. The van der Waals surface area contributed by atoms with Gasteiger partial charge in [0.15, 0.2) is 0 Å². The van der Waals surface area contributed by atoms with E-state index < -0.39 is 0 Å². The van der Waals surface area contributed by atoms with Crippen molar-refractivity contribution in [1.29, 1.82) is 0 Å². The van der Waals surface area contributed by atoms with E-state index in [4.69, 9.17) is 0 Å². The van der Waals surface area contributed by atoms with Crippen LogP contribution in [0.15, 0.2) is 0 Å². The zero-order valence-electron chi connectivity index (χ0n) is 8.73. The fourth-order valence-corrected chi connectivity index (χ4v) is 1.82. The van der Waals surface area contributed by atoms with Crippen LogP contribution in [0.1, 0.15) is 40.5 Å². The van der Waals surface area contributed by atoms with Crippen LogP contribution in [0.25, 0.3) is 0 Å². The molecule has 0 fully saturated rings. The quantitative estimate of drug-likeness (QED) is 0.698. The van der Waals surface area contributed by atoms with Crippen LogP contribution in [0.3, 0.4) is 0 Å². The lowest BCUT2D eigenvalue weighted by atomic mass is 10.0. The zero-order valence-corrected chi connectivity index (χ0v) is 10.3. The summed E-state index contributed by atoms with van der Waals surface area (Å²) in [4.78, 5) is 0. The molecular weight excluding hydrogens is 214 g/mol. The van der Waals surface area contributed by atoms with Gasteiger partial charge in [0, 0.05) is 17.4 Å². The normalized spacial score (nSPS) is 18.8. The van der Waals surface area contributed by atoms with Crippen LogP contribution in [-0.4, -0.2) is 17.4 Å². The molecule has 1 N–H and O–H groups in total. The first kappa shape index (κ1) is 12.4. The monoisotopic (exact) mass is 235 g/mol. The van der Waals surface area contributed by atoms with Crippen LogP contribution in [0.5, 0.6) is 0 Å². The Morgan fingerprint density at radius 2 is 1.83 bits per heavy atom. The molecule has 0 saturated carbocycles. The Morgan fingerprint density at radius 3 is 2.25 bits per heavy atom. The molecule has 0 rings (SSSR count). The smallest absolute Gasteiger partial charge is 0.00748 e. The summed E-state index contributed by atoms with van der Waals surface area (Å²) in [6, 6.07) is 1.28. The van der Waals surface area contributed by atoms with E-state index in [9.17, 15) is 0 Å². The van der Waals surface area contributed by atoms with Crippen molar-refractivity contribution < 1.29 is 0 Å². The molecule has 0 aliphatic carbocycles. The third-order valence-corrected chi connectivity index (χ3v) is 3.39. The van der Waals surface area contributed by atoms with E-state index in [2.05, 4.69) is 48.9 Å². The third-order valence-electron chi connectivity index (χ3n) is 2.37. The van der Waals surface area contributed by atoms with Crippen LogP contribution < -0.4 is 5.32 Å². The zero-order chi connectivity index (χ0) is 9.56. The molecule has 1 nitrogen and oxygen atoms in total. The van der Waals surface area contributed by atoms with E-state index in [0.29, 0.717) is 18.0 Å². The molecule has 74 valence electrons. The van der Waals surface area contributed by atoms with Gasteiger partial charge in [-0.05, 0) is 26.2 Å². The third kappa shape index (κ3) is 5.15. The standard InChI is InChI=1S/C10H22BrN/c1-5-6-9(3)12-10(4)8(2)7-11/h8-10,12H,5-7H2,1-4H3. The van der Waals surface area contributed by atoms with Crippen LogP contribution in [-0.2, 0) is 0 Å². The summed E-state index contributed by atoms with van der Waals surface area (Å²) < 4.78 is 0. The highest BCUT2D eigenvalue weighted by molar-refractivity contribution is 9.09. The van der Waals surface area contributed by atoms with Crippen molar-refractivity contribution in [3.05, 3.63) is 0 Å². The maximum Gasteiger partial charge on any atom is 0.00748 e. The molecule has 3 unspecified atom stereocenters. The highest BCUT2D eigenvalue weighted by atomic mass is 79.9. The van der Waals surface area contributed by atoms with Gasteiger partial charge in [0.05, 0.1) is 0 Å². The summed E-state index contributed by atoms with van der Waals surface area (Å²) in [6.07, 6.45) is 2.54. The summed E-state index contributed by atoms with van der Waals surface area (Å²) in [5, 5.41) is 4.68. The number of rotatable bonds is 6. The fraction of sp³-hybridized carbons (Fsp3) is 1.00. The van der Waals surface area contributed by atoms with Gasteiger partial charge >= 0.3 is 0 Å². The number of halogens is 1. The lowest BCUT2D eigenvalue weighted by molar-refractivity contribution is 0.376. The SMILES string of the molecule is CCCC(C)NC(C)C(C)CBr. The average molecular weight is 236 g/mol. The Kier molecular flexibility index (Phi) is 7.16. The first-order chi connectivity index (χ1) is 5.61. The molecule has 0 amide bonds. The molecule has 0 aromatic rings. The van der Waals surface area contributed by atoms with Gasteiger partial charge in [0.2, 0.25) is 0 Å². The number of hydrogen-bond acceptors (Lipinski definition) is 1. The topological polar surface area (TPSA) is 12.0 Å². The minimum atomic E-state index is 0.617. The Hall–Kier alpha value is 0.440.